The molecular weight excluding hydrogens is 348 g/mol. The minimum atomic E-state index is 0.0828. The van der Waals surface area contributed by atoms with E-state index in [0.29, 0.717) is 23.4 Å². The van der Waals surface area contributed by atoms with Crippen LogP contribution in [0.2, 0.25) is 0 Å². The average Bonchev–Trinajstić information content (AvgIpc) is 3.12. The van der Waals surface area contributed by atoms with Gasteiger partial charge in [-0.05, 0) is 13.1 Å². The van der Waals surface area contributed by atoms with Gasteiger partial charge in [0.05, 0.1) is 0 Å². The molecule has 2 aromatic heterocycles. The van der Waals surface area contributed by atoms with Gasteiger partial charge in [0.1, 0.15) is 17.1 Å². The molecule has 7 nitrogen and oxygen atoms in total. The van der Waals surface area contributed by atoms with Gasteiger partial charge in [-0.1, -0.05) is 0 Å². The zero-order valence-electron chi connectivity index (χ0n) is 14.8. The number of rotatable bonds is 5. The van der Waals surface area contributed by atoms with Crippen molar-refractivity contribution in [2.24, 2.45) is 4.99 Å². The van der Waals surface area contributed by atoms with Crippen LogP contribution in [-0.2, 0) is 0 Å². The van der Waals surface area contributed by atoms with Gasteiger partial charge in [-0.3, -0.25) is 19.7 Å². The molecule has 0 saturated carbocycles. The lowest BCUT2D eigenvalue weighted by atomic mass is 10.0. The van der Waals surface area contributed by atoms with Crippen LogP contribution in [0.1, 0.15) is 16.8 Å². The molecule has 0 aliphatic carbocycles. The Bertz CT molecular complexity index is 825. The van der Waals surface area contributed by atoms with E-state index in [1.807, 2.05) is 5.38 Å². The number of Topliss-reactive ketones (excluding diaryl/α,β-unsaturated/α-hetero) is 1. The molecule has 0 atom stereocenters. The highest BCUT2D eigenvalue weighted by atomic mass is 32.1. The number of thiazole rings is 1. The number of fused-ring (bicyclic) bond motifs is 1. The fourth-order valence-corrected chi connectivity index (χ4v) is 3.91. The van der Waals surface area contributed by atoms with Crippen LogP contribution >= 0.6 is 11.3 Å². The van der Waals surface area contributed by atoms with Crippen LogP contribution in [0.15, 0.2) is 22.6 Å². The van der Waals surface area contributed by atoms with Crippen LogP contribution in [0.5, 0.6) is 0 Å². The quantitative estimate of drug-likeness (QED) is 0.869. The Hall–Kier alpha value is -2.16. The lowest BCUT2D eigenvalue weighted by molar-refractivity contribution is 0.100. The fourth-order valence-electron chi connectivity index (χ4n) is 3.18. The molecule has 0 aromatic carbocycles. The third kappa shape index (κ3) is 3.67. The molecule has 1 N–H and O–H groups in total. The first-order valence-corrected chi connectivity index (χ1v) is 9.74. The van der Waals surface area contributed by atoms with E-state index in [2.05, 4.69) is 37.1 Å². The summed E-state index contributed by atoms with van der Waals surface area (Å²) in [7, 11) is 2.17. The summed E-state index contributed by atoms with van der Waals surface area (Å²) < 4.78 is 0. The van der Waals surface area contributed by atoms with Crippen LogP contribution < -0.4 is 5.32 Å². The number of likely N-dealkylation sites (N-methyl/N-ethyl adjacent to an activating group) is 1. The number of carbonyl (C=O) groups excluding carboxylic acids is 1. The van der Waals surface area contributed by atoms with Crippen molar-refractivity contribution >= 4 is 34.2 Å². The van der Waals surface area contributed by atoms with Gasteiger partial charge in [-0.25, -0.2) is 4.98 Å². The maximum atomic E-state index is 12.0. The second-order valence-electron chi connectivity index (χ2n) is 6.60. The monoisotopic (exact) mass is 370 g/mol. The number of nitrogens with zero attached hydrogens (tertiary/aromatic N) is 5. The zero-order valence-corrected chi connectivity index (χ0v) is 15.6. The van der Waals surface area contributed by atoms with Gasteiger partial charge >= 0.3 is 0 Å². The number of aliphatic imine (C=N–C) groups is 1. The van der Waals surface area contributed by atoms with E-state index in [-0.39, 0.29) is 5.78 Å². The van der Waals surface area contributed by atoms with Crippen LogP contribution in [0.25, 0.3) is 11.4 Å². The number of nitrogens with one attached hydrogen (secondary N) is 1. The van der Waals surface area contributed by atoms with E-state index in [1.54, 1.807) is 29.8 Å². The molecule has 0 amide bonds. The molecule has 2 aliphatic rings. The van der Waals surface area contributed by atoms with Gasteiger partial charge in [0.25, 0.3) is 0 Å². The molecule has 136 valence electrons. The van der Waals surface area contributed by atoms with E-state index in [4.69, 9.17) is 0 Å². The van der Waals surface area contributed by atoms with E-state index < -0.39 is 0 Å². The molecule has 26 heavy (non-hydrogen) atoms. The summed E-state index contributed by atoms with van der Waals surface area (Å²) in [5.74, 6) is 0.0828. The Morgan fingerprint density at radius 2 is 2.12 bits per heavy atom. The Morgan fingerprint density at radius 3 is 2.96 bits per heavy atom. The van der Waals surface area contributed by atoms with Crippen molar-refractivity contribution in [1.29, 1.82) is 0 Å². The Balaban J connectivity index is 1.40. The van der Waals surface area contributed by atoms with Crippen molar-refractivity contribution in [1.82, 2.24) is 19.8 Å². The third-order valence-electron chi connectivity index (χ3n) is 4.77. The average molecular weight is 370 g/mol. The van der Waals surface area contributed by atoms with Gasteiger partial charge in [0.15, 0.2) is 10.9 Å². The number of pyridine rings is 1. The number of aromatic nitrogens is 2. The highest BCUT2D eigenvalue weighted by Crippen LogP contribution is 2.35. The van der Waals surface area contributed by atoms with Crippen molar-refractivity contribution in [3.63, 3.8) is 0 Å². The summed E-state index contributed by atoms with van der Waals surface area (Å²) in [6, 6.07) is 1.74. The summed E-state index contributed by atoms with van der Waals surface area (Å²) >= 11 is 1.56. The predicted octanol–water partition coefficient (Wildman–Crippen LogP) is 2.15. The number of ketones is 1. The van der Waals surface area contributed by atoms with Gasteiger partial charge < -0.3 is 10.2 Å². The number of piperazine rings is 1. The van der Waals surface area contributed by atoms with E-state index >= 15 is 0 Å². The molecule has 0 spiro atoms. The first-order valence-electron chi connectivity index (χ1n) is 8.86. The lowest BCUT2D eigenvalue weighted by Gasteiger charge is -2.32. The second kappa shape index (κ2) is 7.61. The van der Waals surface area contributed by atoms with Crippen molar-refractivity contribution < 1.29 is 4.79 Å². The van der Waals surface area contributed by atoms with Crippen LogP contribution in [0.4, 0.5) is 10.8 Å². The molecule has 8 heteroatoms. The number of anilines is 1. The summed E-state index contributed by atoms with van der Waals surface area (Å²) in [6.07, 6.45) is 3.66. The molecule has 4 heterocycles. The van der Waals surface area contributed by atoms with E-state index in [9.17, 15) is 4.79 Å². The molecule has 4 rings (SSSR count). The molecule has 2 aliphatic heterocycles. The summed E-state index contributed by atoms with van der Waals surface area (Å²) in [5.41, 5.74) is 2.71. The summed E-state index contributed by atoms with van der Waals surface area (Å²) in [4.78, 5) is 30.3. The Labute approximate surface area is 156 Å². The molecule has 0 bridgehead atoms. The molecule has 0 unspecified atom stereocenters. The Morgan fingerprint density at radius 1 is 1.27 bits per heavy atom. The van der Waals surface area contributed by atoms with Crippen molar-refractivity contribution in [2.75, 3.05) is 51.6 Å². The first-order chi connectivity index (χ1) is 12.7. The maximum Gasteiger partial charge on any atom is 0.183 e. The molecule has 1 saturated heterocycles. The molecule has 0 radical (unpaired) electrons. The molecule has 2 aromatic rings. The third-order valence-corrected chi connectivity index (χ3v) is 5.57. The lowest BCUT2D eigenvalue weighted by Crippen LogP contribution is -2.45. The van der Waals surface area contributed by atoms with Gasteiger partial charge in [-0.15, -0.1) is 11.3 Å². The van der Waals surface area contributed by atoms with E-state index in [0.717, 1.165) is 50.1 Å². The maximum absolute atomic E-state index is 12.0. The van der Waals surface area contributed by atoms with Crippen molar-refractivity contribution in [2.45, 2.75) is 6.42 Å². The summed E-state index contributed by atoms with van der Waals surface area (Å²) in [5, 5.41) is 6.24. The number of hydrogen-bond acceptors (Lipinski definition) is 8. The second-order valence-corrected chi connectivity index (χ2v) is 7.46. The Kier molecular flexibility index (Phi) is 5.05. The van der Waals surface area contributed by atoms with Crippen molar-refractivity contribution in [3.05, 3.63) is 23.2 Å². The topological polar surface area (TPSA) is 73.7 Å². The van der Waals surface area contributed by atoms with Crippen LogP contribution in [-0.4, -0.2) is 78.1 Å². The van der Waals surface area contributed by atoms with Gasteiger partial charge in [0, 0.05) is 69.0 Å². The van der Waals surface area contributed by atoms with Crippen LogP contribution in [0, 0.1) is 0 Å². The standard InChI is InChI=1S/C18H22N6OS/c1-23-8-10-24(11-9-23)7-6-21-18-22-14(12-26-18)17-16-13(2-4-20-17)15(25)3-5-19-16/h2,4-5,12H,3,6-11H2,1H3,(H,21,22). The fraction of sp³-hybridized carbons (Fsp3) is 0.444. The molecule has 1 fully saturated rings. The molecular formula is C18H22N6OS. The predicted molar refractivity (Wildman–Crippen MR) is 105 cm³/mol. The SMILES string of the molecule is CN1CCN(CCNc2nc(-c3nccc4c3N=CCC4=O)cs2)CC1. The number of carbonyl (C=O) groups is 1. The minimum absolute atomic E-state index is 0.0828. The number of hydrogen-bond donors (Lipinski definition) is 1. The first kappa shape index (κ1) is 17.3. The van der Waals surface area contributed by atoms with E-state index in [1.165, 1.54) is 0 Å². The highest BCUT2D eigenvalue weighted by Gasteiger charge is 2.20. The minimum Gasteiger partial charge on any atom is -0.360 e. The highest BCUT2D eigenvalue weighted by molar-refractivity contribution is 7.14. The van der Waals surface area contributed by atoms with Crippen molar-refractivity contribution in [3.8, 4) is 11.4 Å². The van der Waals surface area contributed by atoms with Gasteiger partial charge in [-0.2, -0.15) is 0 Å². The largest absolute Gasteiger partial charge is 0.360 e. The van der Waals surface area contributed by atoms with Gasteiger partial charge in [0.2, 0.25) is 0 Å². The summed E-state index contributed by atoms with van der Waals surface area (Å²) in [6.45, 7) is 6.38. The normalized spacial score (nSPS) is 18.1. The zero-order chi connectivity index (χ0) is 17.9. The smallest absolute Gasteiger partial charge is 0.183 e. The van der Waals surface area contributed by atoms with Crippen LogP contribution in [0.3, 0.4) is 0 Å².